The third-order valence-electron chi connectivity index (χ3n) is 10.2. The van der Waals surface area contributed by atoms with Gasteiger partial charge in [-0.05, 0) is 42.2 Å². The largest absolute Gasteiger partial charge is 0.492 e. The molecule has 0 spiro atoms. The summed E-state index contributed by atoms with van der Waals surface area (Å²) in [7, 11) is 0. The molecule has 1 amide bonds. The molecule has 67 heavy (non-hydrogen) atoms. The maximum atomic E-state index is 12.3. The number of allylic oxidation sites excluding steroid dienone is 1. The predicted octanol–water partition coefficient (Wildman–Crippen LogP) is 2.96. The van der Waals surface area contributed by atoms with Crippen molar-refractivity contribution in [1.29, 1.82) is 0 Å². The fourth-order valence-electron chi connectivity index (χ4n) is 6.45. The molecule has 1 fully saturated rings. The van der Waals surface area contributed by atoms with Gasteiger partial charge in [0.05, 0.1) is 104 Å². The number of esters is 1. The van der Waals surface area contributed by atoms with Gasteiger partial charge < -0.3 is 63.9 Å². The van der Waals surface area contributed by atoms with Gasteiger partial charge in [0, 0.05) is 25.2 Å². The fourth-order valence-corrected chi connectivity index (χ4v) is 6.45. The topological polar surface area (TPSA) is 266 Å². The van der Waals surface area contributed by atoms with E-state index in [2.05, 4.69) is 58.2 Å². The summed E-state index contributed by atoms with van der Waals surface area (Å²) in [5.74, 6) is -3.78. The molecule has 5 unspecified atom stereocenters. The van der Waals surface area contributed by atoms with Gasteiger partial charge in [0.15, 0.2) is 6.10 Å². The number of aliphatic carboxylic acids is 1. The number of carbonyl (C=O) groups excluding carboxylic acids is 3. The summed E-state index contributed by atoms with van der Waals surface area (Å²) < 4.78 is 41.1. The zero-order valence-corrected chi connectivity index (χ0v) is 38.9. The molecule has 3 heterocycles. The molecule has 1 aliphatic rings. The van der Waals surface area contributed by atoms with Crippen LogP contribution in [0.25, 0.3) is 0 Å². The first-order valence-corrected chi connectivity index (χ1v) is 22.7. The van der Waals surface area contributed by atoms with Crippen molar-refractivity contribution in [1.82, 2.24) is 30.4 Å². The Labute approximate surface area is 390 Å². The molecule has 372 valence electrons. The number of nitrogens with one attached hydrogen (secondary N) is 2. The number of nitrogens with zero attached hydrogens (tertiary/aromatic N) is 4. The minimum absolute atomic E-state index is 0.0579. The normalized spacial score (nSPS) is 16.0. The second-order valence-corrected chi connectivity index (χ2v) is 16.5. The fraction of sp³-hybridized carbons (Fsp3) is 0.609. The van der Waals surface area contributed by atoms with Crippen LogP contribution in [0.2, 0.25) is 0 Å². The lowest BCUT2D eigenvalue weighted by Gasteiger charge is -2.18. The highest BCUT2D eigenvalue weighted by Crippen LogP contribution is 2.44. The first-order chi connectivity index (χ1) is 32.3. The number of aromatic hydroxyl groups is 2. The molecular weight excluding hydrogens is 877 g/mol. The summed E-state index contributed by atoms with van der Waals surface area (Å²) in [4.78, 5) is 52.4. The Balaban J connectivity index is 0.939. The molecular formula is C46H68N6O15. The summed E-state index contributed by atoms with van der Waals surface area (Å²) in [6.07, 6.45) is 6.99. The Morgan fingerprint density at radius 3 is 2.09 bits per heavy atom. The number of ether oxygens (including phenoxy) is 7. The number of hydrogen-bond donors (Lipinski definition) is 5. The lowest BCUT2D eigenvalue weighted by molar-refractivity contribution is -0.167. The number of hydrogen-bond acceptors (Lipinski definition) is 17. The maximum Gasteiger partial charge on any atom is 0.345 e. The predicted molar refractivity (Wildman–Crippen MR) is 240 cm³/mol. The number of aromatic nitrogens is 4. The van der Waals surface area contributed by atoms with E-state index in [4.69, 9.17) is 38.0 Å². The monoisotopic (exact) mass is 944 g/mol. The lowest BCUT2D eigenvalue weighted by atomic mass is 9.96. The second kappa shape index (κ2) is 30.1. The first-order valence-electron chi connectivity index (χ1n) is 22.7. The van der Waals surface area contributed by atoms with Crippen LogP contribution in [0.15, 0.2) is 54.7 Å². The quantitative estimate of drug-likeness (QED) is 0.0243. The Morgan fingerprint density at radius 1 is 0.836 bits per heavy atom. The Bertz CT molecular complexity index is 1940. The van der Waals surface area contributed by atoms with Crippen LogP contribution < -0.4 is 15.5 Å². The summed E-state index contributed by atoms with van der Waals surface area (Å²) in [5, 5.41) is 42.4. The minimum Gasteiger partial charge on any atom is -0.492 e. The van der Waals surface area contributed by atoms with Gasteiger partial charge in [-0.15, -0.1) is 9.83 Å². The van der Waals surface area contributed by atoms with E-state index in [-0.39, 0.29) is 74.9 Å². The van der Waals surface area contributed by atoms with Crippen LogP contribution in [-0.4, -0.2) is 150 Å². The smallest absolute Gasteiger partial charge is 0.345 e. The number of carboxylic acids is 1. The molecule has 3 aromatic rings. The molecule has 0 radical (unpaired) electrons. The van der Waals surface area contributed by atoms with Crippen LogP contribution in [0.5, 0.6) is 11.8 Å². The second-order valence-electron chi connectivity index (χ2n) is 16.5. The average Bonchev–Trinajstić information content (AvgIpc) is 3.89. The van der Waals surface area contributed by atoms with Crippen LogP contribution in [0, 0.1) is 17.8 Å². The van der Waals surface area contributed by atoms with Crippen LogP contribution >= 0.6 is 0 Å². The summed E-state index contributed by atoms with van der Waals surface area (Å²) in [6.45, 7) is 12.2. The molecule has 1 aliphatic heterocycles. The highest BCUT2D eigenvalue weighted by Gasteiger charge is 2.43. The van der Waals surface area contributed by atoms with Crippen LogP contribution in [-0.2, 0) is 65.5 Å². The third kappa shape index (κ3) is 21.4. The Kier molecular flexibility index (Phi) is 24.3. The number of epoxide rings is 1. The molecule has 21 heteroatoms. The van der Waals surface area contributed by atoms with Gasteiger partial charge >= 0.3 is 17.9 Å². The van der Waals surface area contributed by atoms with E-state index in [0.29, 0.717) is 76.6 Å². The molecule has 0 bridgehead atoms. The van der Waals surface area contributed by atoms with Crippen LogP contribution in [0.3, 0.4) is 0 Å². The Morgan fingerprint density at radius 2 is 1.46 bits per heavy atom. The van der Waals surface area contributed by atoms with E-state index in [1.165, 1.54) is 12.1 Å². The van der Waals surface area contributed by atoms with Gasteiger partial charge in [0.1, 0.15) is 11.8 Å². The van der Waals surface area contributed by atoms with E-state index >= 15 is 0 Å². The maximum absolute atomic E-state index is 12.3. The Hall–Kier alpha value is -5.42. The van der Waals surface area contributed by atoms with Crippen molar-refractivity contribution in [3.8, 4) is 11.8 Å². The number of carbonyl (C=O) groups is 4. The first kappa shape index (κ1) is 54.2. The lowest BCUT2D eigenvalue weighted by Crippen LogP contribution is -2.39. The molecule has 1 aromatic carbocycles. The number of amides is 1. The van der Waals surface area contributed by atoms with Crippen LogP contribution in [0.4, 0.5) is 0 Å². The molecule has 0 saturated carbocycles. The molecule has 5 N–H and O–H groups in total. The summed E-state index contributed by atoms with van der Waals surface area (Å²) >= 11 is 0. The van der Waals surface area contributed by atoms with Crippen molar-refractivity contribution in [2.45, 2.75) is 84.8 Å². The standard InChI is InChI=1S/C46H68N6O15/c1-32(2)26-38(45(57)58)65-46(59)34(4)27-48-39(53)28-47-16-7-5-6-8-33(3)43-44(66-43)36-11-9-35(10-12-36)29-51-30-37(49-50-51)31-64-25-24-63-23-22-62-21-20-61-19-18-60-17-15-42(56)67-52-40(54)13-14-41(52)55/h5,7,9-14,30,32-34,38,43-44,47,54-55H,6,8,15-29,31H2,1-4H3,(H,48,53)(H,57,58). The molecule has 5 atom stereocenters. The number of rotatable bonds is 36. The molecule has 4 rings (SSSR count). The third-order valence-corrected chi connectivity index (χ3v) is 10.2. The molecule has 2 aromatic heterocycles. The number of carboxylic acid groups (broad SMARTS) is 1. The summed E-state index contributed by atoms with van der Waals surface area (Å²) in [5.41, 5.74) is 2.96. The van der Waals surface area contributed by atoms with Crippen molar-refractivity contribution >= 4 is 23.8 Å². The van der Waals surface area contributed by atoms with Gasteiger partial charge in [0.2, 0.25) is 17.7 Å². The van der Waals surface area contributed by atoms with Gasteiger partial charge in [-0.3, -0.25) is 9.59 Å². The van der Waals surface area contributed by atoms with Crippen LogP contribution in [0.1, 0.15) is 76.3 Å². The van der Waals surface area contributed by atoms with E-state index in [9.17, 15) is 34.5 Å². The van der Waals surface area contributed by atoms with Crippen molar-refractivity contribution in [2.75, 3.05) is 79.1 Å². The van der Waals surface area contributed by atoms with E-state index in [1.54, 1.807) is 11.6 Å². The average molecular weight is 945 g/mol. The van der Waals surface area contributed by atoms with Crippen molar-refractivity contribution in [3.63, 3.8) is 0 Å². The molecule has 1 saturated heterocycles. The highest BCUT2D eigenvalue weighted by atomic mass is 16.7. The van der Waals surface area contributed by atoms with Gasteiger partial charge in [-0.1, -0.05) is 69.3 Å². The van der Waals surface area contributed by atoms with Gasteiger partial charge in [-0.25, -0.2) is 14.3 Å². The van der Waals surface area contributed by atoms with Gasteiger partial charge in [-0.2, -0.15) is 0 Å². The van der Waals surface area contributed by atoms with Crippen molar-refractivity contribution in [2.24, 2.45) is 17.8 Å². The molecule has 21 nitrogen and oxygen atoms in total. The summed E-state index contributed by atoms with van der Waals surface area (Å²) in [6, 6.07) is 10.8. The van der Waals surface area contributed by atoms with E-state index < -0.39 is 29.9 Å². The zero-order valence-electron chi connectivity index (χ0n) is 38.9. The number of benzene rings is 1. The minimum atomic E-state index is -1.20. The zero-order chi connectivity index (χ0) is 48.4. The van der Waals surface area contributed by atoms with Gasteiger partial charge in [0.25, 0.3) is 0 Å². The highest BCUT2D eigenvalue weighted by molar-refractivity contribution is 5.81. The van der Waals surface area contributed by atoms with Crippen molar-refractivity contribution in [3.05, 3.63) is 71.6 Å². The van der Waals surface area contributed by atoms with Crippen molar-refractivity contribution < 1.29 is 72.5 Å². The van der Waals surface area contributed by atoms with E-state index in [0.717, 1.165) is 29.7 Å². The SMILES string of the molecule is CC(C)CC(OC(=O)C(C)CNC(=O)CNCC=CCCC(C)C1OC1c1ccc(Cn2cc(COCCOCCOCCOCCOCCC(=O)On3c(O)ccc3O)nn2)cc1)C(=O)O. The molecule has 0 aliphatic carbocycles. The van der Waals surface area contributed by atoms with E-state index in [1.807, 2.05) is 26.1 Å².